The first-order chi connectivity index (χ1) is 13.9. The lowest BCUT2D eigenvalue weighted by Gasteiger charge is -2.32. The molecule has 1 atom stereocenters. The van der Waals surface area contributed by atoms with Crippen molar-refractivity contribution >= 4 is 17.5 Å². The quantitative estimate of drug-likeness (QED) is 0.779. The summed E-state index contributed by atoms with van der Waals surface area (Å²) in [7, 11) is 0. The molecule has 0 bridgehead atoms. The second kappa shape index (κ2) is 9.65. The SMILES string of the molecule is CC(C)NC(=O)c1ccccc1NC(=O)[C@H]1CCCN(Cc2ccc(F)cc2)C1. The number of nitrogens with zero attached hydrogens (tertiary/aromatic N) is 1. The Morgan fingerprint density at radius 2 is 1.86 bits per heavy atom. The lowest BCUT2D eigenvalue weighted by atomic mass is 9.96. The van der Waals surface area contributed by atoms with Crippen molar-refractivity contribution in [3.05, 3.63) is 65.5 Å². The summed E-state index contributed by atoms with van der Waals surface area (Å²) >= 11 is 0. The number of piperidine rings is 1. The molecule has 0 spiro atoms. The number of benzene rings is 2. The maximum absolute atomic E-state index is 13.1. The highest BCUT2D eigenvalue weighted by atomic mass is 19.1. The Labute approximate surface area is 171 Å². The van der Waals surface area contributed by atoms with Gasteiger partial charge in [0.25, 0.3) is 5.91 Å². The molecule has 1 heterocycles. The van der Waals surface area contributed by atoms with Gasteiger partial charge in [0.2, 0.25) is 5.91 Å². The fraction of sp³-hybridized carbons (Fsp3) is 0.391. The van der Waals surface area contributed by atoms with Gasteiger partial charge in [-0.15, -0.1) is 0 Å². The average Bonchev–Trinajstić information content (AvgIpc) is 2.70. The Bertz CT molecular complexity index is 851. The number of likely N-dealkylation sites (tertiary alicyclic amines) is 1. The van der Waals surface area contributed by atoms with Crippen molar-refractivity contribution in [3.63, 3.8) is 0 Å². The molecule has 1 aliphatic rings. The van der Waals surface area contributed by atoms with Crippen LogP contribution in [0, 0.1) is 11.7 Å². The minimum atomic E-state index is -0.246. The Kier molecular flexibility index (Phi) is 6.99. The van der Waals surface area contributed by atoms with E-state index in [1.165, 1.54) is 12.1 Å². The van der Waals surface area contributed by atoms with Gasteiger partial charge in [0.05, 0.1) is 17.2 Å². The van der Waals surface area contributed by atoms with Crippen molar-refractivity contribution < 1.29 is 14.0 Å². The van der Waals surface area contributed by atoms with Gasteiger partial charge in [-0.3, -0.25) is 14.5 Å². The number of rotatable bonds is 6. The van der Waals surface area contributed by atoms with Crippen molar-refractivity contribution in [3.8, 4) is 0 Å². The van der Waals surface area contributed by atoms with E-state index in [1.54, 1.807) is 30.3 Å². The highest BCUT2D eigenvalue weighted by molar-refractivity contribution is 6.04. The van der Waals surface area contributed by atoms with Gasteiger partial charge in [0, 0.05) is 19.1 Å². The molecule has 1 saturated heterocycles. The molecule has 6 heteroatoms. The highest BCUT2D eigenvalue weighted by Crippen LogP contribution is 2.22. The smallest absolute Gasteiger partial charge is 0.253 e. The minimum absolute atomic E-state index is 0.0182. The van der Waals surface area contributed by atoms with Crippen LogP contribution in [0.4, 0.5) is 10.1 Å². The molecule has 2 aromatic carbocycles. The van der Waals surface area contributed by atoms with Gasteiger partial charge in [-0.05, 0) is 63.1 Å². The third-order valence-electron chi connectivity index (χ3n) is 5.05. The first-order valence-corrected chi connectivity index (χ1v) is 10.1. The summed E-state index contributed by atoms with van der Waals surface area (Å²) in [4.78, 5) is 27.5. The number of carbonyl (C=O) groups is 2. The van der Waals surface area contributed by atoms with Gasteiger partial charge in [0.15, 0.2) is 0 Å². The Morgan fingerprint density at radius 1 is 1.14 bits per heavy atom. The van der Waals surface area contributed by atoms with Gasteiger partial charge >= 0.3 is 0 Å². The molecule has 2 N–H and O–H groups in total. The van der Waals surface area contributed by atoms with Crippen LogP contribution in [0.1, 0.15) is 42.6 Å². The van der Waals surface area contributed by atoms with E-state index in [1.807, 2.05) is 19.9 Å². The number of hydrogen-bond acceptors (Lipinski definition) is 3. The monoisotopic (exact) mass is 397 g/mol. The van der Waals surface area contributed by atoms with Crippen molar-refractivity contribution in [2.75, 3.05) is 18.4 Å². The predicted octanol–water partition coefficient (Wildman–Crippen LogP) is 3.81. The Morgan fingerprint density at radius 3 is 2.59 bits per heavy atom. The molecule has 0 saturated carbocycles. The van der Waals surface area contributed by atoms with Crippen LogP contribution < -0.4 is 10.6 Å². The van der Waals surface area contributed by atoms with Crippen LogP contribution in [-0.2, 0) is 11.3 Å². The molecule has 0 unspecified atom stereocenters. The molecule has 0 aromatic heterocycles. The summed E-state index contributed by atoms with van der Waals surface area (Å²) in [6.45, 7) is 6.04. The van der Waals surface area contributed by atoms with Crippen molar-refractivity contribution in [2.45, 2.75) is 39.3 Å². The standard InChI is InChI=1S/C23H28FN3O2/c1-16(2)25-23(29)20-7-3-4-8-21(20)26-22(28)18-6-5-13-27(15-18)14-17-9-11-19(24)12-10-17/h3-4,7-12,16,18H,5-6,13-15H2,1-2H3,(H,25,29)(H,26,28)/t18-/m0/s1. The van der Waals surface area contributed by atoms with E-state index in [2.05, 4.69) is 15.5 Å². The molecular formula is C23H28FN3O2. The molecule has 1 fully saturated rings. The Hall–Kier alpha value is -2.73. The second-order valence-corrected chi connectivity index (χ2v) is 7.86. The first-order valence-electron chi connectivity index (χ1n) is 10.1. The number of hydrogen-bond donors (Lipinski definition) is 2. The molecule has 0 radical (unpaired) electrons. The maximum atomic E-state index is 13.1. The number of para-hydroxylation sites is 1. The predicted molar refractivity (Wildman–Crippen MR) is 112 cm³/mol. The normalized spacial score (nSPS) is 17.2. The fourth-order valence-electron chi connectivity index (χ4n) is 3.63. The van der Waals surface area contributed by atoms with Crippen LogP contribution in [0.25, 0.3) is 0 Å². The molecule has 2 amide bonds. The molecule has 0 aliphatic carbocycles. The van der Waals surface area contributed by atoms with Gasteiger partial charge in [-0.2, -0.15) is 0 Å². The van der Waals surface area contributed by atoms with Gasteiger partial charge in [0.1, 0.15) is 5.82 Å². The summed E-state index contributed by atoms with van der Waals surface area (Å²) in [5.74, 6) is -0.661. The van der Waals surface area contributed by atoms with Crippen LogP contribution in [0.15, 0.2) is 48.5 Å². The van der Waals surface area contributed by atoms with E-state index in [9.17, 15) is 14.0 Å². The van der Waals surface area contributed by atoms with Crippen molar-refractivity contribution in [1.29, 1.82) is 0 Å². The molecule has 3 rings (SSSR count). The fourth-order valence-corrected chi connectivity index (χ4v) is 3.63. The number of carbonyl (C=O) groups excluding carboxylic acids is 2. The van der Waals surface area contributed by atoms with Crippen LogP contribution >= 0.6 is 0 Å². The average molecular weight is 397 g/mol. The number of anilines is 1. The first kappa shape index (κ1) is 21.0. The molecule has 2 aromatic rings. The third-order valence-corrected chi connectivity index (χ3v) is 5.05. The van der Waals surface area contributed by atoms with Crippen LogP contribution in [-0.4, -0.2) is 35.8 Å². The van der Waals surface area contributed by atoms with Crippen molar-refractivity contribution in [1.82, 2.24) is 10.2 Å². The van der Waals surface area contributed by atoms with Crippen molar-refractivity contribution in [2.24, 2.45) is 5.92 Å². The summed E-state index contributed by atoms with van der Waals surface area (Å²) in [6, 6.07) is 13.6. The third kappa shape index (κ3) is 5.87. The van der Waals surface area contributed by atoms with E-state index in [4.69, 9.17) is 0 Å². The van der Waals surface area contributed by atoms with Crippen LogP contribution in [0.3, 0.4) is 0 Å². The van der Waals surface area contributed by atoms with E-state index < -0.39 is 0 Å². The van der Waals surface area contributed by atoms with E-state index in [-0.39, 0.29) is 29.6 Å². The second-order valence-electron chi connectivity index (χ2n) is 7.86. The van der Waals surface area contributed by atoms with E-state index in [0.29, 0.717) is 24.3 Å². The van der Waals surface area contributed by atoms with Crippen LogP contribution in [0.5, 0.6) is 0 Å². The van der Waals surface area contributed by atoms with Crippen LogP contribution in [0.2, 0.25) is 0 Å². The van der Waals surface area contributed by atoms with Gasteiger partial charge in [-0.1, -0.05) is 24.3 Å². The maximum Gasteiger partial charge on any atom is 0.253 e. The molecule has 154 valence electrons. The lowest BCUT2D eigenvalue weighted by Crippen LogP contribution is -2.40. The molecule has 29 heavy (non-hydrogen) atoms. The molecule has 1 aliphatic heterocycles. The minimum Gasteiger partial charge on any atom is -0.350 e. The van der Waals surface area contributed by atoms with E-state index in [0.717, 1.165) is 24.9 Å². The zero-order valence-electron chi connectivity index (χ0n) is 17.0. The highest BCUT2D eigenvalue weighted by Gasteiger charge is 2.26. The molecular weight excluding hydrogens is 369 g/mol. The Balaban J connectivity index is 1.63. The number of amides is 2. The summed E-state index contributed by atoms with van der Waals surface area (Å²) < 4.78 is 13.1. The topological polar surface area (TPSA) is 61.4 Å². The van der Waals surface area contributed by atoms with Gasteiger partial charge in [-0.25, -0.2) is 4.39 Å². The van der Waals surface area contributed by atoms with E-state index >= 15 is 0 Å². The zero-order chi connectivity index (χ0) is 20.8. The largest absolute Gasteiger partial charge is 0.350 e. The number of halogens is 1. The number of nitrogens with one attached hydrogen (secondary N) is 2. The summed E-state index contributed by atoms with van der Waals surface area (Å²) in [5.41, 5.74) is 2.03. The molecule has 5 nitrogen and oxygen atoms in total. The zero-order valence-corrected chi connectivity index (χ0v) is 17.0. The lowest BCUT2D eigenvalue weighted by molar-refractivity contribution is -0.121. The summed E-state index contributed by atoms with van der Waals surface area (Å²) in [5, 5.41) is 5.82. The van der Waals surface area contributed by atoms with Gasteiger partial charge < -0.3 is 10.6 Å². The summed E-state index contributed by atoms with van der Waals surface area (Å²) in [6.07, 6.45) is 1.74.